The first-order valence-corrected chi connectivity index (χ1v) is 5.25. The van der Waals surface area contributed by atoms with Gasteiger partial charge in [0.1, 0.15) is 11.4 Å². The standard InChI is InChI=1S/C13H7FN2O2/c14-9-2-3-10-8(6-9)7-11(18-10)12(17)13-15-4-1-5-16-13/h1-7H. The predicted octanol–water partition coefficient (Wildman–Crippen LogP) is 2.59. The van der Waals surface area contributed by atoms with Crippen LogP contribution in [0.5, 0.6) is 0 Å². The molecule has 0 saturated carbocycles. The number of fused-ring (bicyclic) bond motifs is 1. The molecule has 0 spiro atoms. The Morgan fingerprint density at radius 2 is 1.94 bits per heavy atom. The maximum atomic E-state index is 13.0. The van der Waals surface area contributed by atoms with E-state index in [1.165, 1.54) is 36.7 Å². The highest BCUT2D eigenvalue weighted by atomic mass is 19.1. The molecule has 0 radical (unpaired) electrons. The van der Waals surface area contributed by atoms with E-state index in [0.29, 0.717) is 11.0 Å². The molecule has 3 aromatic rings. The van der Waals surface area contributed by atoms with Gasteiger partial charge >= 0.3 is 0 Å². The molecule has 0 fully saturated rings. The molecule has 0 aliphatic heterocycles. The summed E-state index contributed by atoms with van der Waals surface area (Å²) in [6.07, 6.45) is 2.95. The van der Waals surface area contributed by atoms with Gasteiger partial charge in [0.15, 0.2) is 5.76 Å². The molecule has 0 N–H and O–H groups in total. The van der Waals surface area contributed by atoms with Crippen LogP contribution in [-0.4, -0.2) is 15.8 Å². The molecule has 1 aromatic carbocycles. The van der Waals surface area contributed by atoms with Crippen LogP contribution in [0.1, 0.15) is 16.4 Å². The summed E-state index contributed by atoms with van der Waals surface area (Å²) in [6.45, 7) is 0. The second kappa shape index (κ2) is 4.03. The van der Waals surface area contributed by atoms with Crippen molar-refractivity contribution in [2.45, 2.75) is 0 Å². The number of furan rings is 1. The van der Waals surface area contributed by atoms with Crippen LogP contribution in [0.3, 0.4) is 0 Å². The molecule has 0 amide bonds. The van der Waals surface area contributed by atoms with Crippen molar-refractivity contribution in [3.63, 3.8) is 0 Å². The average Bonchev–Trinajstić information content (AvgIpc) is 2.81. The molecule has 0 aliphatic carbocycles. The maximum Gasteiger partial charge on any atom is 0.265 e. The Hall–Kier alpha value is -2.56. The van der Waals surface area contributed by atoms with Gasteiger partial charge in [0.2, 0.25) is 5.82 Å². The van der Waals surface area contributed by atoms with Crippen molar-refractivity contribution in [2.24, 2.45) is 0 Å². The van der Waals surface area contributed by atoms with Crippen molar-refractivity contribution in [1.82, 2.24) is 9.97 Å². The lowest BCUT2D eigenvalue weighted by Crippen LogP contribution is -2.04. The zero-order valence-electron chi connectivity index (χ0n) is 9.13. The fraction of sp³-hybridized carbons (Fsp3) is 0. The Morgan fingerprint density at radius 1 is 1.17 bits per heavy atom. The highest BCUT2D eigenvalue weighted by Gasteiger charge is 2.16. The van der Waals surface area contributed by atoms with Gasteiger partial charge in [0, 0.05) is 17.8 Å². The highest BCUT2D eigenvalue weighted by Crippen LogP contribution is 2.21. The van der Waals surface area contributed by atoms with Crippen LogP contribution in [-0.2, 0) is 0 Å². The van der Waals surface area contributed by atoms with Crippen molar-refractivity contribution in [1.29, 1.82) is 0 Å². The zero-order valence-corrected chi connectivity index (χ0v) is 9.13. The van der Waals surface area contributed by atoms with Gasteiger partial charge in [-0.2, -0.15) is 0 Å². The molecule has 0 unspecified atom stereocenters. The molecule has 0 aliphatic rings. The molecule has 0 saturated heterocycles. The molecule has 88 valence electrons. The normalized spacial score (nSPS) is 10.7. The number of carbonyl (C=O) groups is 1. The number of ketones is 1. The second-order valence-corrected chi connectivity index (χ2v) is 3.69. The number of benzene rings is 1. The minimum Gasteiger partial charge on any atom is -0.452 e. The quantitative estimate of drug-likeness (QED) is 0.648. The first-order chi connectivity index (χ1) is 8.74. The lowest BCUT2D eigenvalue weighted by molar-refractivity contribution is 0.100. The first kappa shape index (κ1) is 10.6. The largest absolute Gasteiger partial charge is 0.452 e. The van der Waals surface area contributed by atoms with Gasteiger partial charge in [-0.1, -0.05) is 0 Å². The van der Waals surface area contributed by atoms with Crippen molar-refractivity contribution in [2.75, 3.05) is 0 Å². The Bertz CT molecular complexity index is 722. The van der Waals surface area contributed by atoms with Crippen LogP contribution in [0.4, 0.5) is 4.39 Å². The van der Waals surface area contributed by atoms with Gasteiger partial charge in [-0.3, -0.25) is 4.79 Å². The van der Waals surface area contributed by atoms with E-state index in [0.717, 1.165) is 0 Å². The van der Waals surface area contributed by atoms with E-state index in [2.05, 4.69) is 9.97 Å². The van der Waals surface area contributed by atoms with Crippen molar-refractivity contribution >= 4 is 16.8 Å². The monoisotopic (exact) mass is 242 g/mol. The van der Waals surface area contributed by atoms with E-state index in [1.807, 2.05) is 0 Å². The van der Waals surface area contributed by atoms with Crippen LogP contribution >= 0.6 is 0 Å². The Morgan fingerprint density at radius 3 is 2.72 bits per heavy atom. The molecule has 4 nitrogen and oxygen atoms in total. The minimum absolute atomic E-state index is 0.0528. The molecular formula is C13H7FN2O2. The Balaban J connectivity index is 2.07. The summed E-state index contributed by atoms with van der Waals surface area (Å²) in [5.74, 6) is -0.649. The van der Waals surface area contributed by atoms with Crippen molar-refractivity contribution in [3.8, 4) is 0 Å². The van der Waals surface area contributed by atoms with E-state index in [-0.39, 0.29) is 17.4 Å². The fourth-order valence-corrected chi connectivity index (χ4v) is 1.65. The van der Waals surface area contributed by atoms with Gasteiger partial charge in [-0.05, 0) is 30.3 Å². The van der Waals surface area contributed by atoms with Crippen LogP contribution in [0.25, 0.3) is 11.0 Å². The highest BCUT2D eigenvalue weighted by molar-refractivity contribution is 6.06. The maximum absolute atomic E-state index is 13.0. The number of rotatable bonds is 2. The Kier molecular flexibility index (Phi) is 2.37. The summed E-state index contributed by atoms with van der Waals surface area (Å²) in [5, 5.41) is 0.536. The molecular weight excluding hydrogens is 235 g/mol. The van der Waals surface area contributed by atoms with E-state index in [1.54, 1.807) is 6.07 Å². The average molecular weight is 242 g/mol. The summed E-state index contributed by atoms with van der Waals surface area (Å²) < 4.78 is 18.4. The number of halogens is 1. The predicted molar refractivity (Wildman–Crippen MR) is 61.6 cm³/mol. The number of carbonyl (C=O) groups excluding carboxylic acids is 1. The van der Waals surface area contributed by atoms with Gasteiger partial charge in [-0.25, -0.2) is 14.4 Å². The van der Waals surface area contributed by atoms with Gasteiger partial charge in [0.25, 0.3) is 5.78 Å². The van der Waals surface area contributed by atoms with Crippen LogP contribution in [0.15, 0.2) is 47.1 Å². The molecule has 18 heavy (non-hydrogen) atoms. The second-order valence-electron chi connectivity index (χ2n) is 3.69. The molecule has 3 rings (SSSR count). The van der Waals surface area contributed by atoms with Gasteiger partial charge < -0.3 is 4.42 Å². The third kappa shape index (κ3) is 1.75. The topological polar surface area (TPSA) is 56.0 Å². The summed E-state index contributed by atoms with van der Waals surface area (Å²) in [7, 11) is 0. The van der Waals surface area contributed by atoms with E-state index in [9.17, 15) is 9.18 Å². The summed E-state index contributed by atoms with van der Waals surface area (Å²) in [5.41, 5.74) is 0.454. The van der Waals surface area contributed by atoms with Crippen molar-refractivity contribution in [3.05, 3.63) is 60.1 Å². The molecule has 2 heterocycles. The third-order valence-corrected chi connectivity index (χ3v) is 2.47. The number of hydrogen-bond acceptors (Lipinski definition) is 4. The number of nitrogens with zero attached hydrogens (tertiary/aromatic N) is 2. The van der Waals surface area contributed by atoms with E-state index in [4.69, 9.17) is 4.42 Å². The zero-order chi connectivity index (χ0) is 12.5. The lowest BCUT2D eigenvalue weighted by atomic mass is 10.2. The Labute approximate surface area is 101 Å². The van der Waals surface area contributed by atoms with Crippen LogP contribution in [0.2, 0.25) is 0 Å². The molecule has 0 atom stereocenters. The van der Waals surface area contributed by atoms with Gasteiger partial charge in [-0.15, -0.1) is 0 Å². The SMILES string of the molecule is O=C(c1ncccn1)c1cc2cc(F)ccc2o1. The first-order valence-electron chi connectivity index (χ1n) is 5.25. The molecule has 5 heteroatoms. The smallest absolute Gasteiger partial charge is 0.265 e. The lowest BCUT2D eigenvalue weighted by Gasteiger charge is -1.93. The minimum atomic E-state index is -0.424. The van der Waals surface area contributed by atoms with E-state index < -0.39 is 5.78 Å². The summed E-state index contributed by atoms with van der Waals surface area (Å²) in [6, 6.07) is 7.16. The van der Waals surface area contributed by atoms with Gasteiger partial charge in [0.05, 0.1) is 0 Å². The number of hydrogen-bond donors (Lipinski definition) is 0. The number of aromatic nitrogens is 2. The summed E-state index contributed by atoms with van der Waals surface area (Å²) >= 11 is 0. The van der Waals surface area contributed by atoms with Crippen molar-refractivity contribution < 1.29 is 13.6 Å². The van der Waals surface area contributed by atoms with E-state index >= 15 is 0 Å². The molecule has 2 aromatic heterocycles. The van der Waals surface area contributed by atoms with Crippen LogP contribution in [0, 0.1) is 5.82 Å². The molecule has 0 bridgehead atoms. The van der Waals surface area contributed by atoms with Crippen LogP contribution < -0.4 is 0 Å². The third-order valence-electron chi connectivity index (χ3n) is 2.47. The fourth-order valence-electron chi connectivity index (χ4n) is 1.65. The summed E-state index contributed by atoms with van der Waals surface area (Å²) in [4.78, 5) is 19.7.